The van der Waals surface area contributed by atoms with Crippen LogP contribution in [0.1, 0.15) is 16.7 Å². The van der Waals surface area contributed by atoms with Gasteiger partial charge < -0.3 is 5.73 Å². The SMILES string of the molecule is Cc1cc(N=Nc2ccc(N=Nc3cc4nn(-c5cccc(SOOO)c5)nc4cc3S(=O)(=O)O)c(C)c2)c(C)cc1N. The van der Waals surface area contributed by atoms with Crippen LogP contribution in [0.2, 0.25) is 0 Å². The van der Waals surface area contributed by atoms with Crippen molar-refractivity contribution >= 4 is 61.6 Å². The van der Waals surface area contributed by atoms with Crippen molar-refractivity contribution in [3.8, 4) is 5.69 Å². The average Bonchev–Trinajstić information content (AvgIpc) is 3.39. The van der Waals surface area contributed by atoms with E-state index >= 15 is 0 Å². The zero-order chi connectivity index (χ0) is 30.7. The highest BCUT2D eigenvalue weighted by molar-refractivity contribution is 7.94. The second kappa shape index (κ2) is 12.3. The van der Waals surface area contributed by atoms with Crippen LogP contribution < -0.4 is 5.73 Å². The molecular formula is C27H24N8O6S2. The third kappa shape index (κ3) is 6.91. The van der Waals surface area contributed by atoms with Crippen molar-refractivity contribution in [3.63, 3.8) is 0 Å². The molecule has 4 aromatic carbocycles. The van der Waals surface area contributed by atoms with Gasteiger partial charge in [0.2, 0.25) is 0 Å². The maximum Gasteiger partial charge on any atom is 0.296 e. The minimum atomic E-state index is -4.69. The monoisotopic (exact) mass is 620 g/mol. The molecule has 16 heteroatoms. The minimum absolute atomic E-state index is 0.128. The lowest BCUT2D eigenvalue weighted by Gasteiger charge is -2.05. The van der Waals surface area contributed by atoms with E-state index in [4.69, 9.17) is 11.0 Å². The number of fused-ring (bicyclic) bond motifs is 1. The molecule has 0 aliphatic rings. The average molecular weight is 621 g/mol. The first kappa shape index (κ1) is 29.9. The number of hydrogen-bond donors (Lipinski definition) is 3. The number of azo groups is 2. The van der Waals surface area contributed by atoms with Crippen molar-refractivity contribution in [2.24, 2.45) is 20.5 Å². The molecule has 0 spiro atoms. The number of aryl methyl sites for hydroxylation is 3. The number of benzene rings is 4. The zero-order valence-electron chi connectivity index (χ0n) is 22.9. The predicted molar refractivity (Wildman–Crippen MR) is 159 cm³/mol. The summed E-state index contributed by atoms with van der Waals surface area (Å²) in [7, 11) is -4.69. The number of nitrogens with zero attached hydrogens (tertiary/aromatic N) is 7. The van der Waals surface area contributed by atoms with E-state index in [9.17, 15) is 13.0 Å². The predicted octanol–water partition coefficient (Wildman–Crippen LogP) is 7.43. The summed E-state index contributed by atoms with van der Waals surface area (Å²) in [5.41, 5.74) is 11.8. The van der Waals surface area contributed by atoms with Gasteiger partial charge in [0.15, 0.2) is 0 Å². The molecule has 0 bridgehead atoms. The largest absolute Gasteiger partial charge is 0.399 e. The molecular weight excluding hydrogens is 596 g/mol. The first-order valence-corrected chi connectivity index (χ1v) is 14.6. The first-order chi connectivity index (χ1) is 20.5. The van der Waals surface area contributed by atoms with Gasteiger partial charge in [0.05, 0.1) is 34.8 Å². The lowest BCUT2D eigenvalue weighted by molar-refractivity contribution is -0.432. The fraction of sp³-hybridized carbons (Fsp3) is 0.111. The van der Waals surface area contributed by atoms with Crippen LogP contribution in [0.25, 0.3) is 16.7 Å². The van der Waals surface area contributed by atoms with E-state index in [0.717, 1.165) is 23.2 Å². The Morgan fingerprint density at radius 2 is 1.51 bits per heavy atom. The Hall–Kier alpha value is -4.58. The van der Waals surface area contributed by atoms with Gasteiger partial charge in [0, 0.05) is 10.6 Å². The smallest absolute Gasteiger partial charge is 0.296 e. The molecule has 0 atom stereocenters. The molecule has 0 unspecified atom stereocenters. The van der Waals surface area contributed by atoms with Crippen molar-refractivity contribution in [2.75, 3.05) is 5.73 Å². The molecule has 220 valence electrons. The van der Waals surface area contributed by atoms with E-state index in [1.54, 1.807) is 49.4 Å². The van der Waals surface area contributed by atoms with Gasteiger partial charge in [-0.25, -0.2) is 5.26 Å². The highest BCUT2D eigenvalue weighted by Crippen LogP contribution is 2.33. The third-order valence-electron chi connectivity index (χ3n) is 6.25. The van der Waals surface area contributed by atoms with Crippen molar-refractivity contribution in [2.45, 2.75) is 30.6 Å². The van der Waals surface area contributed by atoms with E-state index in [0.29, 0.717) is 44.4 Å². The van der Waals surface area contributed by atoms with E-state index < -0.39 is 15.0 Å². The van der Waals surface area contributed by atoms with Gasteiger partial charge in [-0.15, -0.1) is 19.6 Å². The van der Waals surface area contributed by atoms with E-state index in [2.05, 4.69) is 40.0 Å². The summed E-state index contributed by atoms with van der Waals surface area (Å²) in [5, 5.41) is 37.7. The second-order valence-corrected chi connectivity index (χ2v) is 11.5. The number of aromatic nitrogens is 3. The first-order valence-electron chi connectivity index (χ1n) is 12.5. The highest BCUT2D eigenvalue weighted by Gasteiger charge is 2.20. The molecule has 5 aromatic rings. The Morgan fingerprint density at radius 1 is 0.814 bits per heavy atom. The lowest BCUT2D eigenvalue weighted by atomic mass is 10.1. The van der Waals surface area contributed by atoms with Crippen LogP contribution in [0.4, 0.5) is 28.4 Å². The van der Waals surface area contributed by atoms with Crippen molar-refractivity contribution < 1.29 is 27.6 Å². The number of rotatable bonds is 9. The molecule has 0 aliphatic heterocycles. The van der Waals surface area contributed by atoms with Crippen molar-refractivity contribution in [1.82, 2.24) is 15.0 Å². The molecule has 0 saturated heterocycles. The van der Waals surface area contributed by atoms with Crippen LogP contribution in [0.5, 0.6) is 0 Å². The van der Waals surface area contributed by atoms with Gasteiger partial charge >= 0.3 is 0 Å². The summed E-state index contributed by atoms with van der Waals surface area (Å²) >= 11 is 0.758. The van der Waals surface area contributed by atoms with Crippen LogP contribution in [-0.2, 0) is 19.5 Å². The lowest BCUT2D eigenvalue weighted by Crippen LogP contribution is -1.99. The fourth-order valence-corrected chi connectivity index (χ4v) is 5.05. The van der Waals surface area contributed by atoms with Gasteiger partial charge in [-0.3, -0.25) is 4.55 Å². The highest BCUT2D eigenvalue weighted by atomic mass is 32.2. The Kier molecular flexibility index (Phi) is 8.58. The van der Waals surface area contributed by atoms with E-state index in [1.165, 1.54) is 16.9 Å². The number of nitrogen functional groups attached to an aromatic ring is 1. The van der Waals surface area contributed by atoms with Crippen LogP contribution in [0.3, 0.4) is 0 Å². The summed E-state index contributed by atoms with van der Waals surface area (Å²) in [4.78, 5) is 1.36. The zero-order valence-corrected chi connectivity index (χ0v) is 24.5. The number of nitrogens with two attached hydrogens (primary N) is 1. The molecule has 0 fully saturated rings. The minimum Gasteiger partial charge on any atom is -0.399 e. The number of hydrogen-bond acceptors (Lipinski definition) is 13. The normalized spacial score (nSPS) is 12.2. The molecule has 4 N–H and O–H groups in total. The summed E-state index contributed by atoms with van der Waals surface area (Å²) in [6.07, 6.45) is 0. The summed E-state index contributed by atoms with van der Waals surface area (Å²) in [5.74, 6) is 0. The van der Waals surface area contributed by atoms with E-state index in [1.807, 2.05) is 26.0 Å². The van der Waals surface area contributed by atoms with Gasteiger partial charge in [0.1, 0.15) is 21.6 Å². The van der Waals surface area contributed by atoms with Gasteiger partial charge in [-0.1, -0.05) is 11.1 Å². The second-order valence-electron chi connectivity index (χ2n) is 9.36. The topological polar surface area (TPSA) is 199 Å². The summed E-state index contributed by atoms with van der Waals surface area (Å²) < 4.78 is 38.8. The van der Waals surface area contributed by atoms with Crippen LogP contribution in [0.15, 0.2) is 97.0 Å². The van der Waals surface area contributed by atoms with Crippen molar-refractivity contribution in [3.05, 3.63) is 83.4 Å². The van der Waals surface area contributed by atoms with Gasteiger partial charge in [-0.2, -0.15) is 28.6 Å². The maximum absolute atomic E-state index is 12.2. The summed E-state index contributed by atoms with van der Waals surface area (Å²) in [6, 6.07) is 18.1. The Morgan fingerprint density at radius 3 is 2.23 bits per heavy atom. The molecule has 14 nitrogen and oxygen atoms in total. The molecule has 5 rings (SSSR count). The maximum atomic E-state index is 12.2. The van der Waals surface area contributed by atoms with Crippen molar-refractivity contribution in [1.29, 1.82) is 0 Å². The summed E-state index contributed by atoms with van der Waals surface area (Å²) in [6.45, 7) is 5.60. The molecule has 1 aromatic heterocycles. The van der Waals surface area contributed by atoms with Crippen LogP contribution in [0, 0.1) is 20.8 Å². The van der Waals surface area contributed by atoms with E-state index in [-0.39, 0.29) is 11.2 Å². The Labute approximate surface area is 249 Å². The van der Waals surface area contributed by atoms with Gasteiger partial charge in [-0.05, 0) is 98.1 Å². The van der Waals surface area contributed by atoms with Gasteiger partial charge in [0.25, 0.3) is 10.1 Å². The fourth-order valence-electron chi connectivity index (χ4n) is 4.01. The number of anilines is 1. The molecule has 0 saturated carbocycles. The quantitative estimate of drug-likeness (QED) is 0.0371. The van der Waals surface area contributed by atoms with Crippen LogP contribution >= 0.6 is 12.0 Å². The van der Waals surface area contributed by atoms with Crippen LogP contribution in [-0.4, -0.2) is 33.2 Å². The molecule has 43 heavy (non-hydrogen) atoms. The molecule has 0 amide bonds. The molecule has 1 heterocycles. The molecule has 0 radical (unpaired) electrons. The molecule has 0 aliphatic carbocycles. The Bertz CT molecular complexity index is 2010. The standard InChI is InChI=1S/C27H24N8O6S2/c1-15-11-23(17(3)10-21(15)28)31-29-18-7-8-22(16(2)9-18)30-32-26-13-24-25(14-27(26)43(37,38)39)34-35(33-24)19-5-4-6-20(12-19)42-41-40-36/h4-14,36H,28H2,1-3H3,(H,37,38,39). The third-order valence-corrected chi connectivity index (χ3v) is 7.71. The Balaban J connectivity index is 1.44.